The molecule has 1 rings (SSSR count). The summed E-state index contributed by atoms with van der Waals surface area (Å²) in [7, 11) is 0. The molecular weight excluding hydrogens is 214 g/mol. The Morgan fingerprint density at radius 2 is 2.24 bits per heavy atom. The minimum Gasteiger partial charge on any atom is -0.355 e. The summed E-state index contributed by atoms with van der Waals surface area (Å²) in [5.74, 6) is 0.683. The molecular formula is C13H27N3O. The second-order valence-electron chi connectivity index (χ2n) is 5.08. The lowest BCUT2D eigenvalue weighted by Crippen LogP contribution is -2.53. The number of hydrogen-bond acceptors (Lipinski definition) is 3. The predicted molar refractivity (Wildman–Crippen MR) is 70.7 cm³/mol. The molecule has 0 spiro atoms. The molecule has 3 unspecified atom stereocenters. The van der Waals surface area contributed by atoms with Crippen molar-refractivity contribution < 1.29 is 4.79 Å². The van der Waals surface area contributed by atoms with Crippen LogP contribution in [0.2, 0.25) is 0 Å². The van der Waals surface area contributed by atoms with Gasteiger partial charge in [-0.3, -0.25) is 9.69 Å². The third-order valence-corrected chi connectivity index (χ3v) is 3.82. The Morgan fingerprint density at radius 1 is 1.53 bits per heavy atom. The van der Waals surface area contributed by atoms with E-state index in [1.54, 1.807) is 0 Å². The van der Waals surface area contributed by atoms with Gasteiger partial charge in [0.05, 0.1) is 6.04 Å². The minimum absolute atomic E-state index is 0.0249. The summed E-state index contributed by atoms with van der Waals surface area (Å²) in [6, 6.07) is 0.283. The van der Waals surface area contributed by atoms with Crippen molar-refractivity contribution in [3.8, 4) is 0 Å². The SMILES string of the molecule is CCCNC(=O)C(C)N1CCC(N)C(CC)C1. The van der Waals surface area contributed by atoms with Gasteiger partial charge in [-0.2, -0.15) is 0 Å². The molecule has 4 heteroatoms. The number of rotatable bonds is 5. The summed E-state index contributed by atoms with van der Waals surface area (Å²) in [4.78, 5) is 14.2. The summed E-state index contributed by atoms with van der Waals surface area (Å²) in [6.07, 6.45) is 3.09. The van der Waals surface area contributed by atoms with Crippen molar-refractivity contribution in [3.05, 3.63) is 0 Å². The molecule has 0 radical (unpaired) electrons. The fourth-order valence-corrected chi connectivity index (χ4v) is 2.42. The summed E-state index contributed by atoms with van der Waals surface area (Å²) < 4.78 is 0. The van der Waals surface area contributed by atoms with E-state index in [0.29, 0.717) is 12.0 Å². The Kier molecular flexibility index (Phi) is 5.92. The zero-order valence-corrected chi connectivity index (χ0v) is 11.4. The van der Waals surface area contributed by atoms with Gasteiger partial charge in [-0.25, -0.2) is 0 Å². The van der Waals surface area contributed by atoms with Crippen molar-refractivity contribution in [1.82, 2.24) is 10.2 Å². The summed E-state index contributed by atoms with van der Waals surface area (Å²) in [6.45, 7) is 8.91. The molecule has 0 aliphatic carbocycles. The van der Waals surface area contributed by atoms with Crippen molar-refractivity contribution in [2.75, 3.05) is 19.6 Å². The van der Waals surface area contributed by atoms with Crippen LogP contribution >= 0.6 is 0 Å². The maximum absolute atomic E-state index is 11.9. The van der Waals surface area contributed by atoms with Gasteiger partial charge in [-0.1, -0.05) is 20.3 Å². The van der Waals surface area contributed by atoms with Gasteiger partial charge in [0, 0.05) is 25.7 Å². The van der Waals surface area contributed by atoms with Crippen LogP contribution in [-0.2, 0) is 4.79 Å². The van der Waals surface area contributed by atoms with Crippen LogP contribution in [0, 0.1) is 5.92 Å². The molecule has 4 nitrogen and oxygen atoms in total. The Bertz CT molecular complexity index is 245. The quantitative estimate of drug-likeness (QED) is 0.754. The molecule has 1 fully saturated rings. The molecule has 0 saturated carbocycles. The van der Waals surface area contributed by atoms with Gasteiger partial charge in [0.1, 0.15) is 0 Å². The molecule has 1 aliphatic heterocycles. The molecule has 0 aromatic rings. The molecule has 1 aliphatic rings. The lowest BCUT2D eigenvalue weighted by molar-refractivity contribution is -0.126. The van der Waals surface area contributed by atoms with Crippen LogP contribution < -0.4 is 11.1 Å². The Balaban J connectivity index is 2.46. The van der Waals surface area contributed by atoms with Gasteiger partial charge in [0.15, 0.2) is 0 Å². The van der Waals surface area contributed by atoms with Crippen LogP contribution in [-0.4, -0.2) is 42.5 Å². The monoisotopic (exact) mass is 241 g/mol. The van der Waals surface area contributed by atoms with Gasteiger partial charge in [0.2, 0.25) is 5.91 Å². The number of piperidine rings is 1. The zero-order chi connectivity index (χ0) is 12.8. The predicted octanol–water partition coefficient (Wildman–Crippen LogP) is 0.960. The highest BCUT2D eigenvalue weighted by Crippen LogP contribution is 2.20. The highest BCUT2D eigenvalue weighted by atomic mass is 16.2. The van der Waals surface area contributed by atoms with Gasteiger partial charge < -0.3 is 11.1 Å². The fourth-order valence-electron chi connectivity index (χ4n) is 2.42. The molecule has 3 N–H and O–H groups in total. The van der Waals surface area contributed by atoms with E-state index in [1.807, 2.05) is 6.92 Å². The molecule has 0 bridgehead atoms. The number of amides is 1. The van der Waals surface area contributed by atoms with E-state index in [-0.39, 0.29) is 11.9 Å². The topological polar surface area (TPSA) is 58.4 Å². The Labute approximate surface area is 105 Å². The first-order chi connectivity index (χ1) is 8.10. The van der Waals surface area contributed by atoms with Crippen LogP contribution in [0.25, 0.3) is 0 Å². The van der Waals surface area contributed by atoms with Crippen molar-refractivity contribution in [2.45, 2.75) is 52.1 Å². The summed E-state index contributed by atoms with van der Waals surface area (Å²) in [5, 5.41) is 2.96. The lowest BCUT2D eigenvalue weighted by Gasteiger charge is -2.39. The maximum atomic E-state index is 11.9. The van der Waals surface area contributed by atoms with Crippen molar-refractivity contribution in [2.24, 2.45) is 11.7 Å². The van der Waals surface area contributed by atoms with Crippen LogP contribution in [0.1, 0.15) is 40.0 Å². The number of nitrogens with zero attached hydrogens (tertiary/aromatic N) is 1. The second-order valence-corrected chi connectivity index (χ2v) is 5.08. The van der Waals surface area contributed by atoms with E-state index in [1.165, 1.54) is 0 Å². The number of carbonyl (C=O) groups excluding carboxylic acids is 1. The number of carbonyl (C=O) groups is 1. The third kappa shape index (κ3) is 3.96. The van der Waals surface area contributed by atoms with Crippen LogP contribution in [0.3, 0.4) is 0 Å². The van der Waals surface area contributed by atoms with Gasteiger partial charge in [0.25, 0.3) is 0 Å². The van der Waals surface area contributed by atoms with Crippen molar-refractivity contribution >= 4 is 5.91 Å². The summed E-state index contributed by atoms with van der Waals surface area (Å²) in [5.41, 5.74) is 6.08. The van der Waals surface area contributed by atoms with Crippen LogP contribution in [0.4, 0.5) is 0 Å². The van der Waals surface area contributed by atoms with E-state index in [9.17, 15) is 4.79 Å². The maximum Gasteiger partial charge on any atom is 0.237 e. The van der Waals surface area contributed by atoms with E-state index in [4.69, 9.17) is 5.73 Å². The average molecular weight is 241 g/mol. The normalized spacial score (nSPS) is 27.8. The molecule has 0 aromatic heterocycles. The summed E-state index contributed by atoms with van der Waals surface area (Å²) >= 11 is 0. The fraction of sp³-hybridized carbons (Fsp3) is 0.923. The van der Waals surface area contributed by atoms with E-state index in [0.717, 1.165) is 38.9 Å². The zero-order valence-electron chi connectivity index (χ0n) is 11.4. The largest absolute Gasteiger partial charge is 0.355 e. The van der Waals surface area contributed by atoms with Gasteiger partial charge in [-0.15, -0.1) is 0 Å². The number of likely N-dealkylation sites (tertiary alicyclic amines) is 1. The standard InChI is InChI=1S/C13H27N3O/c1-4-7-15-13(17)10(3)16-8-6-12(14)11(5-2)9-16/h10-12H,4-9,14H2,1-3H3,(H,15,17). The molecule has 0 aromatic carbocycles. The number of nitrogens with one attached hydrogen (secondary N) is 1. The first-order valence-electron chi connectivity index (χ1n) is 6.87. The highest BCUT2D eigenvalue weighted by molar-refractivity contribution is 5.81. The van der Waals surface area contributed by atoms with Crippen LogP contribution in [0.15, 0.2) is 0 Å². The third-order valence-electron chi connectivity index (χ3n) is 3.82. The highest BCUT2D eigenvalue weighted by Gasteiger charge is 2.30. The molecule has 1 amide bonds. The van der Waals surface area contributed by atoms with E-state index < -0.39 is 0 Å². The van der Waals surface area contributed by atoms with E-state index >= 15 is 0 Å². The Hall–Kier alpha value is -0.610. The average Bonchev–Trinajstić information content (AvgIpc) is 2.35. The van der Waals surface area contributed by atoms with Gasteiger partial charge in [-0.05, 0) is 25.7 Å². The van der Waals surface area contributed by atoms with E-state index in [2.05, 4.69) is 24.1 Å². The first kappa shape index (κ1) is 14.5. The molecule has 1 heterocycles. The first-order valence-corrected chi connectivity index (χ1v) is 6.87. The van der Waals surface area contributed by atoms with Gasteiger partial charge >= 0.3 is 0 Å². The number of nitrogens with two attached hydrogens (primary N) is 1. The molecule has 1 saturated heterocycles. The molecule has 100 valence electrons. The van der Waals surface area contributed by atoms with Crippen LogP contribution in [0.5, 0.6) is 0 Å². The Morgan fingerprint density at radius 3 is 2.82 bits per heavy atom. The number of hydrogen-bond donors (Lipinski definition) is 2. The van der Waals surface area contributed by atoms with Crippen molar-refractivity contribution in [3.63, 3.8) is 0 Å². The van der Waals surface area contributed by atoms with Crippen molar-refractivity contribution in [1.29, 1.82) is 0 Å². The minimum atomic E-state index is -0.0249. The second kappa shape index (κ2) is 6.97. The lowest BCUT2D eigenvalue weighted by atomic mass is 9.90. The smallest absolute Gasteiger partial charge is 0.237 e. The molecule has 17 heavy (non-hydrogen) atoms. The molecule has 3 atom stereocenters.